The molecule has 2 aromatic rings. The van der Waals surface area contributed by atoms with Crippen LogP contribution in [0.25, 0.3) is 0 Å². The quantitative estimate of drug-likeness (QED) is 0.836. The van der Waals surface area contributed by atoms with Crippen LogP contribution in [0.3, 0.4) is 0 Å². The Balaban J connectivity index is 1.85. The van der Waals surface area contributed by atoms with Crippen molar-refractivity contribution in [1.82, 2.24) is 5.32 Å². The molecule has 0 radical (unpaired) electrons. The van der Waals surface area contributed by atoms with Gasteiger partial charge in [0.25, 0.3) is 0 Å². The molecule has 1 aliphatic carbocycles. The lowest BCUT2D eigenvalue weighted by atomic mass is 9.80. The van der Waals surface area contributed by atoms with Gasteiger partial charge in [0.1, 0.15) is 11.6 Å². The van der Waals surface area contributed by atoms with E-state index < -0.39 is 0 Å². The van der Waals surface area contributed by atoms with E-state index in [4.69, 9.17) is 0 Å². The van der Waals surface area contributed by atoms with Crippen molar-refractivity contribution in [3.05, 3.63) is 65.0 Å². The summed E-state index contributed by atoms with van der Waals surface area (Å²) >= 11 is 0. The van der Waals surface area contributed by atoms with Crippen LogP contribution in [0, 0.1) is 11.7 Å². The van der Waals surface area contributed by atoms with E-state index in [0.717, 1.165) is 18.5 Å². The first-order valence-electron chi connectivity index (χ1n) is 7.56. The minimum Gasteiger partial charge on any atom is -0.508 e. The number of aromatic hydroxyl groups is 1. The molecule has 1 saturated heterocycles. The fourth-order valence-corrected chi connectivity index (χ4v) is 4.06. The van der Waals surface area contributed by atoms with Crippen molar-refractivity contribution in [2.45, 2.75) is 24.8 Å². The fraction of sp³-hybridized carbons (Fsp3) is 0.333. The van der Waals surface area contributed by atoms with E-state index in [9.17, 15) is 9.50 Å². The van der Waals surface area contributed by atoms with E-state index in [1.165, 1.54) is 29.7 Å². The Hall–Kier alpha value is -1.87. The van der Waals surface area contributed by atoms with E-state index in [2.05, 4.69) is 5.32 Å². The van der Waals surface area contributed by atoms with Gasteiger partial charge in [-0.1, -0.05) is 18.2 Å². The van der Waals surface area contributed by atoms with Gasteiger partial charge in [-0.2, -0.15) is 0 Å². The molecule has 2 N–H and O–H groups in total. The molecule has 108 valence electrons. The first kappa shape index (κ1) is 12.8. The van der Waals surface area contributed by atoms with Crippen LogP contribution < -0.4 is 5.32 Å². The highest BCUT2D eigenvalue weighted by Crippen LogP contribution is 2.52. The van der Waals surface area contributed by atoms with E-state index in [0.29, 0.717) is 17.7 Å². The molecule has 1 heterocycles. The third kappa shape index (κ3) is 2.04. The lowest BCUT2D eigenvalue weighted by Gasteiger charge is -2.31. The Kier molecular flexibility index (Phi) is 2.96. The van der Waals surface area contributed by atoms with Gasteiger partial charge in [-0.15, -0.1) is 0 Å². The summed E-state index contributed by atoms with van der Waals surface area (Å²) in [5, 5.41) is 13.5. The number of rotatable bonds is 1. The van der Waals surface area contributed by atoms with Gasteiger partial charge >= 0.3 is 0 Å². The Morgan fingerprint density at radius 2 is 1.86 bits per heavy atom. The van der Waals surface area contributed by atoms with Gasteiger partial charge in [0, 0.05) is 12.0 Å². The number of hydrogen-bond acceptors (Lipinski definition) is 2. The number of phenolic OH excluding ortho intramolecular Hbond substituents is 1. The summed E-state index contributed by atoms with van der Waals surface area (Å²) in [5.41, 5.74) is 3.61. The van der Waals surface area contributed by atoms with Crippen molar-refractivity contribution in [2.24, 2.45) is 5.92 Å². The van der Waals surface area contributed by atoms with Crippen molar-refractivity contribution >= 4 is 0 Å². The van der Waals surface area contributed by atoms with Crippen molar-refractivity contribution in [2.75, 3.05) is 6.54 Å². The third-order valence-electron chi connectivity index (χ3n) is 4.90. The van der Waals surface area contributed by atoms with Crippen molar-refractivity contribution in [1.29, 1.82) is 0 Å². The molecule has 2 aromatic carbocycles. The average Bonchev–Trinajstić information content (AvgIpc) is 2.82. The van der Waals surface area contributed by atoms with E-state index in [1.807, 2.05) is 24.3 Å². The van der Waals surface area contributed by atoms with Crippen molar-refractivity contribution in [3.8, 4) is 5.75 Å². The predicted molar refractivity (Wildman–Crippen MR) is 79.8 cm³/mol. The lowest BCUT2D eigenvalue weighted by Crippen LogP contribution is -2.32. The summed E-state index contributed by atoms with van der Waals surface area (Å²) in [6, 6.07) is 12.8. The molecule has 3 unspecified atom stereocenters. The molecule has 0 spiro atoms. The second-order valence-corrected chi connectivity index (χ2v) is 6.08. The number of phenols is 1. The first-order valence-corrected chi connectivity index (χ1v) is 7.56. The van der Waals surface area contributed by atoms with Crippen LogP contribution in [0.4, 0.5) is 4.39 Å². The molecule has 1 aliphatic heterocycles. The number of benzene rings is 2. The van der Waals surface area contributed by atoms with Gasteiger partial charge in [-0.05, 0) is 66.3 Å². The molecule has 3 heteroatoms. The van der Waals surface area contributed by atoms with E-state index in [-0.39, 0.29) is 11.7 Å². The molecule has 0 saturated carbocycles. The predicted octanol–water partition coefficient (Wildman–Crippen LogP) is 3.72. The summed E-state index contributed by atoms with van der Waals surface area (Å²) < 4.78 is 13.2. The molecule has 21 heavy (non-hydrogen) atoms. The monoisotopic (exact) mass is 283 g/mol. The van der Waals surface area contributed by atoms with Crippen LogP contribution in [-0.4, -0.2) is 11.7 Å². The average molecular weight is 283 g/mol. The Bertz CT molecular complexity index is 667. The fourth-order valence-electron chi connectivity index (χ4n) is 4.06. The van der Waals surface area contributed by atoms with Crippen LogP contribution in [0.15, 0.2) is 42.5 Å². The van der Waals surface area contributed by atoms with Crippen molar-refractivity contribution < 1.29 is 9.50 Å². The molecule has 0 aromatic heterocycles. The van der Waals surface area contributed by atoms with E-state index in [1.54, 1.807) is 6.07 Å². The summed E-state index contributed by atoms with van der Waals surface area (Å²) in [6.07, 6.45) is 2.33. The maximum Gasteiger partial charge on any atom is 0.123 e. The maximum atomic E-state index is 13.2. The number of halogens is 1. The van der Waals surface area contributed by atoms with Gasteiger partial charge < -0.3 is 10.4 Å². The minimum absolute atomic E-state index is 0.203. The topological polar surface area (TPSA) is 32.3 Å². The second-order valence-electron chi connectivity index (χ2n) is 6.08. The molecule has 0 amide bonds. The zero-order valence-corrected chi connectivity index (χ0v) is 11.7. The zero-order chi connectivity index (χ0) is 14.4. The summed E-state index contributed by atoms with van der Waals surface area (Å²) in [5.74, 6) is 0.831. The van der Waals surface area contributed by atoms with Gasteiger partial charge in [-0.25, -0.2) is 4.39 Å². The normalized spacial score (nSPS) is 27.2. The summed E-state index contributed by atoms with van der Waals surface area (Å²) in [6.45, 7) is 1.04. The molecule has 0 bridgehead atoms. The number of hydrogen-bond donors (Lipinski definition) is 2. The zero-order valence-electron chi connectivity index (χ0n) is 11.7. The summed E-state index contributed by atoms with van der Waals surface area (Å²) in [7, 11) is 0. The summed E-state index contributed by atoms with van der Waals surface area (Å²) in [4.78, 5) is 0. The maximum absolute atomic E-state index is 13.2. The Morgan fingerprint density at radius 1 is 1.05 bits per heavy atom. The molecule has 2 nitrogen and oxygen atoms in total. The number of piperidine rings is 1. The number of nitrogens with one attached hydrogen (secondary N) is 1. The highest BCUT2D eigenvalue weighted by atomic mass is 19.1. The van der Waals surface area contributed by atoms with Crippen LogP contribution in [0.5, 0.6) is 5.75 Å². The van der Waals surface area contributed by atoms with Gasteiger partial charge in [0.05, 0.1) is 0 Å². The van der Waals surface area contributed by atoms with E-state index >= 15 is 0 Å². The molecular formula is C18H18FNO. The van der Waals surface area contributed by atoms with Gasteiger partial charge in [-0.3, -0.25) is 0 Å². The molecular weight excluding hydrogens is 265 g/mol. The minimum atomic E-state index is -0.203. The van der Waals surface area contributed by atoms with Crippen LogP contribution in [0.1, 0.15) is 41.5 Å². The SMILES string of the molecule is Oc1ccc2c(c1)C(c1ccc(F)cc1)C1CCCNC21. The highest BCUT2D eigenvalue weighted by molar-refractivity contribution is 5.49. The highest BCUT2D eigenvalue weighted by Gasteiger charge is 2.42. The standard InChI is InChI=1S/C18H18FNO/c19-12-5-3-11(4-6-12)17-15-2-1-9-20-18(15)14-8-7-13(21)10-16(14)17/h3-8,10,15,17-18,20-21H,1-2,9H2. The molecule has 1 fully saturated rings. The van der Waals surface area contributed by atoms with Crippen LogP contribution in [0.2, 0.25) is 0 Å². The second kappa shape index (κ2) is 4.85. The molecule has 2 aliphatic rings. The largest absolute Gasteiger partial charge is 0.508 e. The Labute approximate surface area is 123 Å². The number of fused-ring (bicyclic) bond motifs is 3. The van der Waals surface area contributed by atoms with Crippen molar-refractivity contribution in [3.63, 3.8) is 0 Å². The third-order valence-corrected chi connectivity index (χ3v) is 4.90. The lowest BCUT2D eigenvalue weighted by molar-refractivity contribution is 0.287. The Morgan fingerprint density at radius 3 is 2.67 bits per heavy atom. The van der Waals surface area contributed by atoms with Crippen LogP contribution >= 0.6 is 0 Å². The smallest absolute Gasteiger partial charge is 0.123 e. The first-order chi connectivity index (χ1) is 10.2. The van der Waals surface area contributed by atoms with Gasteiger partial charge in [0.2, 0.25) is 0 Å². The molecule has 3 atom stereocenters. The molecule has 4 rings (SSSR count). The van der Waals surface area contributed by atoms with Crippen LogP contribution in [-0.2, 0) is 0 Å². The van der Waals surface area contributed by atoms with Gasteiger partial charge in [0.15, 0.2) is 0 Å².